The van der Waals surface area contributed by atoms with E-state index in [1.54, 1.807) is 0 Å². The number of nitrogens with one attached hydrogen (secondary N) is 2. The van der Waals surface area contributed by atoms with Gasteiger partial charge in [-0.15, -0.1) is 0 Å². The van der Waals surface area contributed by atoms with Gasteiger partial charge in [-0.1, -0.05) is 239 Å². The molecule has 5 aromatic heterocycles. The van der Waals surface area contributed by atoms with E-state index in [9.17, 15) is 0 Å². The average Bonchev–Trinajstić information content (AvgIpc) is 1.54. The molecule has 94 heavy (non-hydrogen) atoms. The van der Waals surface area contributed by atoms with Crippen molar-refractivity contribution < 1.29 is 0 Å². The molecule has 8 heteroatoms. The SMILES string of the molecule is Cc1nc2cc3nc4c(nc3cc2nc1C)-c1nc-4c(-c2cc(C(C)(C)C)cc(C(C)(C)C)c2)c2ccc([nH]2)c(-c2cc(C(C)(C)C)cc(C(C)(C)C)c2)c2nc(c(-c3cc(C(C)(C)C)cc(C(C)(C)C)c3)c3ccc([nH]3)c1-c1cc(C(C)(C)C)cc(C(C)(C)C)c1)C=C2. The minimum absolute atomic E-state index is 0.151. The van der Waals surface area contributed by atoms with Gasteiger partial charge < -0.3 is 9.97 Å². The molecule has 0 amide bonds. The van der Waals surface area contributed by atoms with Gasteiger partial charge in [-0.2, -0.15) is 0 Å². The van der Waals surface area contributed by atoms with Gasteiger partial charge in [0.2, 0.25) is 0 Å². The number of hydrogen-bond donors (Lipinski definition) is 2. The molecule has 8 nitrogen and oxygen atoms in total. The Bertz CT molecular complexity index is 4540. The van der Waals surface area contributed by atoms with E-state index >= 15 is 0 Å². The van der Waals surface area contributed by atoms with Crippen LogP contribution in [0.25, 0.3) is 124 Å². The Morgan fingerprint density at radius 3 is 0.702 bits per heavy atom. The maximum atomic E-state index is 6.21. The molecule has 0 aliphatic carbocycles. The maximum Gasteiger partial charge on any atom is 0.118 e. The maximum absolute atomic E-state index is 6.21. The largest absolute Gasteiger partial charge is 0.354 e. The molecule has 2 aliphatic rings. The van der Waals surface area contributed by atoms with Crippen molar-refractivity contribution in [3.8, 4) is 67.3 Å². The normalized spacial score (nSPS) is 13.6. The van der Waals surface area contributed by atoms with Gasteiger partial charge in [0.15, 0.2) is 0 Å². The van der Waals surface area contributed by atoms with Crippen LogP contribution in [0.3, 0.4) is 0 Å². The first-order valence-electron chi connectivity index (χ1n) is 34.0. The summed E-state index contributed by atoms with van der Waals surface area (Å²) in [6.45, 7) is 59.6. The van der Waals surface area contributed by atoms with E-state index in [0.29, 0.717) is 11.4 Å². The second kappa shape index (κ2) is 22.1. The van der Waals surface area contributed by atoms with Gasteiger partial charge in [-0.25, -0.2) is 29.9 Å². The fraction of sp³-hybridized carbons (Fsp3) is 0.395. The molecule has 484 valence electrons. The summed E-state index contributed by atoms with van der Waals surface area (Å²) in [4.78, 5) is 42.4. The number of benzene rings is 5. The summed E-state index contributed by atoms with van der Waals surface area (Å²) in [6, 6.07) is 42.0. The average molecular weight is 1250 g/mol. The summed E-state index contributed by atoms with van der Waals surface area (Å²) in [5.41, 5.74) is 29.7. The number of nitrogens with zero attached hydrogens (tertiary/aromatic N) is 6. The molecule has 0 saturated carbocycles. The Morgan fingerprint density at radius 2 is 0.457 bits per heavy atom. The van der Waals surface area contributed by atoms with Crippen molar-refractivity contribution in [1.29, 1.82) is 0 Å². The second-order valence-electron chi connectivity index (χ2n) is 35.4. The fourth-order valence-electron chi connectivity index (χ4n) is 13.0. The molecule has 8 bridgehead atoms. The Kier molecular flexibility index (Phi) is 15.5. The molecule has 0 unspecified atom stereocenters. The standard InChI is InChI=1S/C86H100N8/c1-47-48(2)88-68-46-70-69(45-67(68)87-47)92-77-75-73(51-37-57(83(15,16)17)43-58(38-51)84(18,19)20)65-31-29-63(90-65)71(49-33-53(79(3,4)5)41-54(34-49)80(6,7)8)61-27-28-62(89-61)72(50-35-55(81(9,10)11)42-56(36-50)82(12,13)14)64-30-32-66(91-64)74(76(94-75)78(77)93-70)52-39-59(85(21,22)23)44-60(40-52)86(24,25)26/h27-46,90-91H,1-26H3. The highest BCUT2D eigenvalue weighted by Gasteiger charge is 2.33. The minimum atomic E-state index is -0.199. The molecule has 0 radical (unpaired) electrons. The Hall–Kier alpha value is -8.36. The molecule has 10 aromatic rings. The van der Waals surface area contributed by atoms with Crippen LogP contribution in [-0.4, -0.2) is 39.9 Å². The van der Waals surface area contributed by atoms with Gasteiger partial charge >= 0.3 is 0 Å². The van der Waals surface area contributed by atoms with Crippen LogP contribution in [0.5, 0.6) is 0 Å². The van der Waals surface area contributed by atoms with E-state index in [2.05, 4.69) is 297 Å². The molecule has 0 atom stereocenters. The number of rotatable bonds is 4. The molecule has 7 heterocycles. The lowest BCUT2D eigenvalue weighted by molar-refractivity contribution is 0.568. The number of aromatic nitrogens is 8. The smallest absolute Gasteiger partial charge is 0.118 e. The van der Waals surface area contributed by atoms with Crippen molar-refractivity contribution in [2.75, 3.05) is 0 Å². The molecule has 5 aromatic carbocycles. The Balaban J connectivity index is 1.39. The van der Waals surface area contributed by atoms with Crippen LogP contribution in [0.15, 0.2) is 109 Å². The van der Waals surface area contributed by atoms with E-state index in [1.807, 2.05) is 13.8 Å². The molecular weight excluding hydrogens is 1150 g/mol. The van der Waals surface area contributed by atoms with Gasteiger partial charge in [-0.3, -0.25) is 0 Å². The third kappa shape index (κ3) is 12.4. The summed E-state index contributed by atoms with van der Waals surface area (Å²) < 4.78 is 0. The molecule has 0 spiro atoms. The predicted molar refractivity (Wildman–Crippen MR) is 401 cm³/mol. The van der Waals surface area contributed by atoms with E-state index in [0.717, 1.165) is 123 Å². The lowest BCUT2D eigenvalue weighted by atomic mass is 9.78. The van der Waals surface area contributed by atoms with Gasteiger partial charge in [0.1, 0.15) is 22.8 Å². The first kappa shape index (κ1) is 65.7. The van der Waals surface area contributed by atoms with Crippen LogP contribution in [0.1, 0.15) is 233 Å². The highest BCUT2D eigenvalue weighted by atomic mass is 14.9. The van der Waals surface area contributed by atoms with Crippen LogP contribution in [0.4, 0.5) is 0 Å². The minimum Gasteiger partial charge on any atom is -0.354 e. The topological polar surface area (TPSA) is 109 Å². The zero-order valence-corrected chi connectivity index (χ0v) is 61.2. The Labute approximate surface area is 560 Å². The van der Waals surface area contributed by atoms with Crippen LogP contribution >= 0.6 is 0 Å². The van der Waals surface area contributed by atoms with Crippen molar-refractivity contribution in [3.05, 3.63) is 176 Å². The summed E-state index contributed by atoms with van der Waals surface area (Å²) in [6.07, 6.45) is 4.50. The van der Waals surface area contributed by atoms with Crippen molar-refractivity contribution in [1.82, 2.24) is 39.9 Å². The monoisotopic (exact) mass is 1240 g/mol. The zero-order chi connectivity index (χ0) is 68.3. The van der Waals surface area contributed by atoms with Crippen molar-refractivity contribution in [3.63, 3.8) is 0 Å². The quantitative estimate of drug-likeness (QED) is 0.170. The van der Waals surface area contributed by atoms with Crippen LogP contribution in [0, 0.1) is 13.8 Å². The second-order valence-corrected chi connectivity index (χ2v) is 35.4. The molecule has 2 N–H and O–H groups in total. The number of hydrogen-bond acceptors (Lipinski definition) is 6. The van der Waals surface area contributed by atoms with Crippen molar-refractivity contribution >= 4 is 56.3 Å². The number of H-pyrrole nitrogens is 2. The lowest BCUT2D eigenvalue weighted by Crippen LogP contribution is -2.16. The number of aryl methyl sites for hydroxylation is 2. The molecule has 0 fully saturated rings. The number of fused-ring (bicyclic) bond motifs is 13. The third-order valence-electron chi connectivity index (χ3n) is 19.4. The highest BCUT2D eigenvalue weighted by molar-refractivity contribution is 6.06. The highest BCUT2D eigenvalue weighted by Crippen LogP contribution is 2.50. The first-order valence-corrected chi connectivity index (χ1v) is 34.0. The summed E-state index contributed by atoms with van der Waals surface area (Å²) in [7, 11) is 0. The molecular formula is C86H100N8. The molecule has 12 rings (SSSR count). The van der Waals surface area contributed by atoms with Gasteiger partial charge in [0.05, 0.1) is 44.8 Å². The molecule has 2 aliphatic heterocycles. The van der Waals surface area contributed by atoms with Crippen LogP contribution in [-0.2, 0) is 43.3 Å². The van der Waals surface area contributed by atoms with Gasteiger partial charge in [0.25, 0.3) is 0 Å². The van der Waals surface area contributed by atoms with Crippen LogP contribution in [0.2, 0.25) is 0 Å². The summed E-state index contributed by atoms with van der Waals surface area (Å²) in [5.74, 6) is 0. The van der Waals surface area contributed by atoms with Gasteiger partial charge in [-0.05, 0) is 172 Å². The van der Waals surface area contributed by atoms with E-state index in [4.69, 9.17) is 29.9 Å². The summed E-state index contributed by atoms with van der Waals surface area (Å²) >= 11 is 0. The fourth-order valence-corrected chi connectivity index (χ4v) is 13.0. The third-order valence-corrected chi connectivity index (χ3v) is 19.4. The van der Waals surface area contributed by atoms with Crippen molar-refractivity contribution in [2.45, 2.75) is 223 Å². The zero-order valence-electron chi connectivity index (χ0n) is 61.2. The Morgan fingerprint density at radius 1 is 0.234 bits per heavy atom. The van der Waals surface area contributed by atoms with E-state index in [-0.39, 0.29) is 43.3 Å². The van der Waals surface area contributed by atoms with Crippen LogP contribution < -0.4 is 0 Å². The van der Waals surface area contributed by atoms with Gasteiger partial charge in [0, 0.05) is 44.3 Å². The number of aromatic amines is 2. The predicted octanol–water partition coefficient (Wildman–Crippen LogP) is 23.4. The summed E-state index contributed by atoms with van der Waals surface area (Å²) in [5, 5.41) is 0. The lowest BCUT2D eigenvalue weighted by Gasteiger charge is -2.26. The van der Waals surface area contributed by atoms with Crippen molar-refractivity contribution in [2.24, 2.45) is 0 Å². The van der Waals surface area contributed by atoms with E-state index in [1.165, 1.54) is 44.5 Å². The first-order chi connectivity index (χ1) is 43.4. The molecule has 0 saturated heterocycles. The van der Waals surface area contributed by atoms with E-state index < -0.39 is 0 Å².